The molecule has 0 unspecified atom stereocenters. The van der Waals surface area contributed by atoms with E-state index in [9.17, 15) is 20.4 Å². The zero-order chi connectivity index (χ0) is 17.1. The zero-order valence-corrected chi connectivity index (χ0v) is 12.7. The lowest BCUT2D eigenvalue weighted by Gasteiger charge is -2.01. The Morgan fingerprint density at radius 2 is 0.542 bits per heavy atom. The second-order valence-electron chi connectivity index (χ2n) is 5.30. The van der Waals surface area contributed by atoms with Gasteiger partial charge >= 0.3 is 0 Å². The molecule has 4 heteroatoms. The monoisotopic (exact) mass is 320 g/mol. The van der Waals surface area contributed by atoms with Crippen molar-refractivity contribution in [1.82, 2.24) is 0 Å². The summed E-state index contributed by atoms with van der Waals surface area (Å²) >= 11 is 0. The maximum atomic E-state index is 9.38. The van der Waals surface area contributed by atoms with E-state index < -0.39 is 0 Å². The third-order valence-electron chi connectivity index (χ3n) is 3.76. The lowest BCUT2D eigenvalue weighted by molar-refractivity contribution is 0.469. The predicted octanol–water partition coefficient (Wildman–Crippen LogP) is 4.50. The molecule has 0 saturated heterocycles. The van der Waals surface area contributed by atoms with Gasteiger partial charge in [0.15, 0.2) is 0 Å². The first-order valence-corrected chi connectivity index (χ1v) is 7.37. The van der Waals surface area contributed by atoms with E-state index in [1.54, 1.807) is 24.3 Å². The molecule has 24 heavy (non-hydrogen) atoms. The quantitative estimate of drug-likeness (QED) is 0.360. The van der Waals surface area contributed by atoms with E-state index in [4.69, 9.17) is 0 Å². The van der Waals surface area contributed by atoms with Gasteiger partial charge in [-0.25, -0.2) is 0 Å². The number of hydrogen-bond donors (Lipinski definition) is 4. The summed E-state index contributed by atoms with van der Waals surface area (Å²) in [6, 6.07) is 20.3. The van der Waals surface area contributed by atoms with Crippen molar-refractivity contribution in [2.75, 3.05) is 0 Å². The van der Waals surface area contributed by atoms with Crippen LogP contribution in [0.3, 0.4) is 0 Å². The van der Waals surface area contributed by atoms with Crippen LogP contribution in [-0.4, -0.2) is 20.4 Å². The Kier molecular flexibility index (Phi) is 4.12. The van der Waals surface area contributed by atoms with Crippen LogP contribution in [-0.2, 0) is 0 Å². The van der Waals surface area contributed by atoms with E-state index in [1.165, 1.54) is 24.3 Å². The highest BCUT2D eigenvalue weighted by atomic mass is 16.3. The van der Waals surface area contributed by atoms with Crippen molar-refractivity contribution in [3.63, 3.8) is 0 Å². The first-order valence-electron chi connectivity index (χ1n) is 7.37. The van der Waals surface area contributed by atoms with Crippen molar-refractivity contribution in [3.05, 3.63) is 72.8 Å². The Morgan fingerprint density at radius 3 is 0.750 bits per heavy atom. The molecular formula is C20H16O4. The molecular weight excluding hydrogens is 304 g/mol. The van der Waals surface area contributed by atoms with E-state index in [0.717, 1.165) is 0 Å². The van der Waals surface area contributed by atoms with Crippen LogP contribution < -0.4 is 0 Å². The third kappa shape index (κ3) is 2.90. The van der Waals surface area contributed by atoms with Gasteiger partial charge in [-0.1, -0.05) is 48.5 Å². The summed E-state index contributed by atoms with van der Waals surface area (Å²) in [4.78, 5) is 0. The average molecular weight is 320 g/mol. The smallest absolute Gasteiger partial charge is 0.123 e. The van der Waals surface area contributed by atoms with E-state index in [2.05, 4.69) is 0 Å². The summed E-state index contributed by atoms with van der Waals surface area (Å²) in [5.74, 6) is 0.790. The second kappa shape index (κ2) is 6.38. The minimum Gasteiger partial charge on any atom is -0.507 e. The molecule has 0 aliphatic heterocycles. The minimum absolute atomic E-state index is 0.198. The largest absolute Gasteiger partial charge is 0.507 e. The van der Waals surface area contributed by atoms with Crippen LogP contribution in [0.25, 0.3) is 21.5 Å². The fourth-order valence-electron chi connectivity index (χ4n) is 2.53. The van der Waals surface area contributed by atoms with E-state index >= 15 is 0 Å². The maximum Gasteiger partial charge on any atom is 0.123 e. The van der Waals surface area contributed by atoms with Crippen LogP contribution in [0.4, 0.5) is 0 Å². The molecule has 4 aromatic rings. The fourth-order valence-corrected chi connectivity index (χ4v) is 2.53. The molecule has 0 heterocycles. The van der Waals surface area contributed by atoms with Crippen molar-refractivity contribution in [3.8, 4) is 23.0 Å². The molecule has 0 spiro atoms. The number of phenolic OH excluding ortho intramolecular Hbond substituents is 4. The first kappa shape index (κ1) is 15.5. The molecule has 0 radical (unpaired) electrons. The topological polar surface area (TPSA) is 80.9 Å². The van der Waals surface area contributed by atoms with Gasteiger partial charge in [0, 0.05) is 21.5 Å². The maximum absolute atomic E-state index is 9.38. The number of rotatable bonds is 0. The molecule has 0 bridgehead atoms. The summed E-state index contributed by atoms with van der Waals surface area (Å²) in [7, 11) is 0. The summed E-state index contributed by atoms with van der Waals surface area (Å²) < 4.78 is 0. The van der Waals surface area contributed by atoms with Crippen molar-refractivity contribution in [2.45, 2.75) is 0 Å². The Balaban J connectivity index is 0.000000141. The van der Waals surface area contributed by atoms with Crippen molar-refractivity contribution in [2.24, 2.45) is 0 Å². The number of phenols is 4. The van der Waals surface area contributed by atoms with Crippen LogP contribution in [0.1, 0.15) is 0 Å². The fraction of sp³-hybridized carbons (Fsp3) is 0. The predicted molar refractivity (Wildman–Crippen MR) is 94.6 cm³/mol. The number of aromatic hydroxyl groups is 4. The normalized spacial score (nSPS) is 10.3. The molecule has 0 aliphatic rings. The van der Waals surface area contributed by atoms with Crippen LogP contribution in [0.2, 0.25) is 0 Å². The van der Waals surface area contributed by atoms with Crippen LogP contribution in [0, 0.1) is 0 Å². The van der Waals surface area contributed by atoms with Crippen molar-refractivity contribution < 1.29 is 20.4 Å². The molecule has 0 aromatic heterocycles. The van der Waals surface area contributed by atoms with Gasteiger partial charge in [0.05, 0.1) is 0 Å². The molecule has 4 N–H and O–H groups in total. The van der Waals surface area contributed by atoms with Gasteiger partial charge in [0.1, 0.15) is 23.0 Å². The summed E-state index contributed by atoms with van der Waals surface area (Å²) in [6.45, 7) is 0. The zero-order valence-electron chi connectivity index (χ0n) is 12.7. The van der Waals surface area contributed by atoms with Crippen LogP contribution in [0.15, 0.2) is 72.8 Å². The highest BCUT2D eigenvalue weighted by Crippen LogP contribution is 2.31. The molecule has 0 amide bonds. The average Bonchev–Trinajstić information content (AvgIpc) is 2.63. The highest BCUT2D eigenvalue weighted by Gasteiger charge is 2.02. The summed E-state index contributed by atoms with van der Waals surface area (Å²) in [5.41, 5.74) is 0. The number of fused-ring (bicyclic) bond motifs is 2. The lowest BCUT2D eigenvalue weighted by atomic mass is 10.1. The Labute approximate surface area is 138 Å². The lowest BCUT2D eigenvalue weighted by Crippen LogP contribution is -1.73. The molecule has 120 valence electrons. The molecule has 0 atom stereocenters. The van der Waals surface area contributed by atoms with Crippen molar-refractivity contribution in [1.29, 1.82) is 0 Å². The van der Waals surface area contributed by atoms with Crippen LogP contribution >= 0.6 is 0 Å². The molecule has 4 rings (SSSR count). The van der Waals surface area contributed by atoms with Crippen molar-refractivity contribution >= 4 is 21.5 Å². The Morgan fingerprint density at radius 1 is 0.333 bits per heavy atom. The van der Waals surface area contributed by atoms with E-state index in [0.29, 0.717) is 21.5 Å². The summed E-state index contributed by atoms with van der Waals surface area (Å²) in [6.07, 6.45) is 0. The number of benzene rings is 4. The van der Waals surface area contributed by atoms with E-state index in [-0.39, 0.29) is 23.0 Å². The molecule has 4 nitrogen and oxygen atoms in total. The third-order valence-corrected chi connectivity index (χ3v) is 3.76. The Bertz CT molecular complexity index is 844. The van der Waals surface area contributed by atoms with Gasteiger partial charge in [0.2, 0.25) is 0 Å². The molecule has 0 saturated carbocycles. The molecule has 4 aromatic carbocycles. The van der Waals surface area contributed by atoms with Gasteiger partial charge in [0.25, 0.3) is 0 Å². The molecule has 0 aliphatic carbocycles. The summed E-state index contributed by atoms with van der Waals surface area (Å²) in [5, 5.41) is 40.3. The minimum atomic E-state index is 0.198. The first-order chi connectivity index (χ1) is 11.6. The van der Waals surface area contributed by atoms with Gasteiger partial charge in [-0.2, -0.15) is 0 Å². The SMILES string of the molecule is Oc1ccc(O)c2ccccc12.Oc1ccc(O)c2ccccc12. The van der Waals surface area contributed by atoms with Gasteiger partial charge < -0.3 is 20.4 Å². The number of hydrogen-bond acceptors (Lipinski definition) is 4. The van der Waals surface area contributed by atoms with Gasteiger partial charge in [-0.15, -0.1) is 0 Å². The second-order valence-corrected chi connectivity index (χ2v) is 5.30. The van der Waals surface area contributed by atoms with Crippen LogP contribution in [0.5, 0.6) is 23.0 Å². The van der Waals surface area contributed by atoms with Gasteiger partial charge in [-0.05, 0) is 24.3 Å². The standard InChI is InChI=1S/2C10H8O2/c2*11-9-5-6-10(12)8-4-2-1-3-7(8)9/h2*1-6,11-12H. The van der Waals surface area contributed by atoms with E-state index in [1.807, 2.05) is 24.3 Å². The Hall–Kier alpha value is -3.40. The highest BCUT2D eigenvalue weighted by molar-refractivity contribution is 5.93. The molecule has 0 fully saturated rings. The van der Waals surface area contributed by atoms with Gasteiger partial charge in [-0.3, -0.25) is 0 Å².